The maximum Gasteiger partial charge on any atom is 0.251 e. The fourth-order valence-corrected chi connectivity index (χ4v) is 2.29. The van der Waals surface area contributed by atoms with E-state index in [9.17, 15) is 9.59 Å². The molecule has 0 heterocycles. The molecule has 1 N–H and O–H groups in total. The molecular weight excluding hydrogens is 326 g/mol. The van der Waals surface area contributed by atoms with Crippen molar-refractivity contribution >= 4 is 17.8 Å². The van der Waals surface area contributed by atoms with E-state index in [1.807, 2.05) is 12.1 Å². The van der Waals surface area contributed by atoms with Gasteiger partial charge in [-0.3, -0.25) is 9.59 Å². The number of hydrogen-bond donors (Lipinski definition) is 1. The fourth-order valence-electron chi connectivity index (χ4n) is 2.29. The van der Waals surface area contributed by atoms with Gasteiger partial charge in [0.2, 0.25) is 0 Å². The summed E-state index contributed by atoms with van der Waals surface area (Å²) in [5.41, 5.74) is 2.06. The van der Waals surface area contributed by atoms with Crippen molar-refractivity contribution in [2.75, 3.05) is 13.7 Å². The van der Waals surface area contributed by atoms with Crippen LogP contribution in [0.15, 0.2) is 54.6 Å². The molecule has 0 saturated heterocycles. The molecular formula is C22H25NO3. The number of ketones is 1. The number of hydrogen-bond acceptors (Lipinski definition) is 3. The summed E-state index contributed by atoms with van der Waals surface area (Å²) < 4.78 is 5.66. The number of rotatable bonds is 8. The second-order valence-corrected chi connectivity index (χ2v) is 6.45. The normalized spacial score (nSPS) is 10.9. The summed E-state index contributed by atoms with van der Waals surface area (Å²) in [7, 11) is 1.59. The van der Waals surface area contributed by atoms with E-state index in [2.05, 4.69) is 19.2 Å². The Balaban J connectivity index is 1.94. The SMILES string of the molecule is CNC(=O)c1ccc(/C=C/C(=O)c2ccc(OCCC(C)C)cc2)cc1. The smallest absolute Gasteiger partial charge is 0.251 e. The van der Waals surface area contributed by atoms with Crippen molar-refractivity contribution in [1.82, 2.24) is 5.32 Å². The van der Waals surface area contributed by atoms with Crippen molar-refractivity contribution in [1.29, 1.82) is 0 Å². The topological polar surface area (TPSA) is 55.4 Å². The van der Waals surface area contributed by atoms with Crippen LogP contribution in [0, 0.1) is 5.92 Å². The highest BCUT2D eigenvalue weighted by Crippen LogP contribution is 2.15. The average Bonchev–Trinajstić information content (AvgIpc) is 2.66. The monoisotopic (exact) mass is 351 g/mol. The zero-order valence-electron chi connectivity index (χ0n) is 15.5. The van der Waals surface area contributed by atoms with E-state index >= 15 is 0 Å². The Morgan fingerprint density at radius 2 is 1.62 bits per heavy atom. The number of carbonyl (C=O) groups excluding carboxylic acids is 2. The molecule has 4 nitrogen and oxygen atoms in total. The third-order valence-electron chi connectivity index (χ3n) is 3.93. The van der Waals surface area contributed by atoms with Gasteiger partial charge >= 0.3 is 0 Å². The first-order chi connectivity index (χ1) is 12.5. The van der Waals surface area contributed by atoms with Gasteiger partial charge < -0.3 is 10.1 Å². The van der Waals surface area contributed by atoms with E-state index in [0.29, 0.717) is 23.7 Å². The minimum absolute atomic E-state index is 0.0749. The molecule has 0 bridgehead atoms. The van der Waals surface area contributed by atoms with Gasteiger partial charge in [-0.2, -0.15) is 0 Å². The maximum atomic E-state index is 12.3. The van der Waals surface area contributed by atoms with Gasteiger partial charge in [0.15, 0.2) is 5.78 Å². The summed E-state index contributed by atoms with van der Waals surface area (Å²) in [4.78, 5) is 23.8. The lowest BCUT2D eigenvalue weighted by atomic mass is 10.1. The molecule has 0 spiro atoms. The molecule has 0 aliphatic carbocycles. The molecule has 0 atom stereocenters. The van der Waals surface area contributed by atoms with Crippen molar-refractivity contribution in [3.05, 3.63) is 71.3 Å². The van der Waals surface area contributed by atoms with Crippen LogP contribution < -0.4 is 10.1 Å². The molecule has 0 saturated carbocycles. The summed E-state index contributed by atoms with van der Waals surface area (Å²) in [5.74, 6) is 1.17. The van der Waals surface area contributed by atoms with Crippen molar-refractivity contribution in [2.24, 2.45) is 5.92 Å². The van der Waals surface area contributed by atoms with Crippen LogP contribution in [0.1, 0.15) is 46.5 Å². The molecule has 0 aliphatic heterocycles. The van der Waals surface area contributed by atoms with Crippen molar-refractivity contribution < 1.29 is 14.3 Å². The van der Waals surface area contributed by atoms with Crippen LogP contribution in [0.25, 0.3) is 6.08 Å². The maximum absolute atomic E-state index is 12.3. The van der Waals surface area contributed by atoms with Crippen LogP contribution in [0.4, 0.5) is 0 Å². The molecule has 1 amide bonds. The van der Waals surface area contributed by atoms with E-state index in [1.165, 1.54) is 6.08 Å². The molecule has 2 rings (SSSR count). The van der Waals surface area contributed by atoms with Crippen LogP contribution >= 0.6 is 0 Å². The summed E-state index contributed by atoms with van der Waals surface area (Å²) in [6.45, 7) is 4.99. The van der Waals surface area contributed by atoms with Crippen LogP contribution in [0.5, 0.6) is 5.75 Å². The van der Waals surface area contributed by atoms with Crippen molar-refractivity contribution in [3.8, 4) is 5.75 Å². The van der Waals surface area contributed by atoms with E-state index in [0.717, 1.165) is 17.7 Å². The van der Waals surface area contributed by atoms with Gasteiger partial charge in [-0.15, -0.1) is 0 Å². The summed E-state index contributed by atoms with van der Waals surface area (Å²) in [6, 6.07) is 14.2. The van der Waals surface area contributed by atoms with Crippen LogP contribution in [-0.2, 0) is 0 Å². The molecule has 0 unspecified atom stereocenters. The highest BCUT2D eigenvalue weighted by Gasteiger charge is 2.04. The van der Waals surface area contributed by atoms with Gasteiger partial charge in [-0.05, 0) is 60.4 Å². The zero-order valence-corrected chi connectivity index (χ0v) is 15.5. The highest BCUT2D eigenvalue weighted by atomic mass is 16.5. The molecule has 0 aliphatic rings. The van der Waals surface area contributed by atoms with Gasteiger partial charge in [0.05, 0.1) is 6.61 Å². The number of benzene rings is 2. The molecule has 0 radical (unpaired) electrons. The molecule has 0 aromatic heterocycles. The largest absolute Gasteiger partial charge is 0.494 e. The third kappa shape index (κ3) is 5.88. The lowest BCUT2D eigenvalue weighted by molar-refractivity contribution is 0.0962. The van der Waals surface area contributed by atoms with E-state index in [-0.39, 0.29) is 11.7 Å². The first kappa shape index (κ1) is 19.4. The van der Waals surface area contributed by atoms with Gasteiger partial charge in [0, 0.05) is 18.2 Å². The second kappa shape index (κ2) is 9.56. The van der Waals surface area contributed by atoms with Gasteiger partial charge in [0.25, 0.3) is 5.91 Å². The molecule has 26 heavy (non-hydrogen) atoms. The highest BCUT2D eigenvalue weighted by molar-refractivity contribution is 6.06. The summed E-state index contributed by atoms with van der Waals surface area (Å²) in [5, 5.41) is 2.57. The van der Waals surface area contributed by atoms with E-state index < -0.39 is 0 Å². The number of ether oxygens (including phenoxy) is 1. The van der Waals surface area contributed by atoms with Crippen molar-refractivity contribution in [2.45, 2.75) is 20.3 Å². The average molecular weight is 351 g/mol. The Labute approximate surface area is 154 Å². The number of amides is 1. The lowest BCUT2D eigenvalue weighted by Crippen LogP contribution is -2.17. The Morgan fingerprint density at radius 1 is 1.00 bits per heavy atom. The molecule has 2 aromatic rings. The Kier molecular flexibility index (Phi) is 7.15. The minimum atomic E-state index is -0.132. The third-order valence-corrected chi connectivity index (χ3v) is 3.93. The van der Waals surface area contributed by atoms with E-state index in [4.69, 9.17) is 4.74 Å². The van der Waals surface area contributed by atoms with Gasteiger partial charge in [-0.25, -0.2) is 0 Å². The first-order valence-electron chi connectivity index (χ1n) is 8.77. The van der Waals surface area contributed by atoms with Crippen molar-refractivity contribution in [3.63, 3.8) is 0 Å². The van der Waals surface area contributed by atoms with E-state index in [1.54, 1.807) is 49.5 Å². The number of allylic oxidation sites excluding steroid dienone is 1. The minimum Gasteiger partial charge on any atom is -0.494 e. The summed E-state index contributed by atoms with van der Waals surface area (Å²) >= 11 is 0. The molecule has 2 aromatic carbocycles. The van der Waals surface area contributed by atoms with Crippen LogP contribution in [0.3, 0.4) is 0 Å². The molecule has 0 fully saturated rings. The predicted molar refractivity (Wildman–Crippen MR) is 105 cm³/mol. The predicted octanol–water partition coefficient (Wildman–Crippen LogP) is 4.37. The number of nitrogens with one attached hydrogen (secondary N) is 1. The molecule has 136 valence electrons. The van der Waals surface area contributed by atoms with Crippen LogP contribution in [-0.4, -0.2) is 25.3 Å². The fraction of sp³-hybridized carbons (Fsp3) is 0.273. The molecule has 4 heteroatoms. The van der Waals surface area contributed by atoms with Crippen LogP contribution in [0.2, 0.25) is 0 Å². The Bertz CT molecular complexity index is 759. The quantitative estimate of drug-likeness (QED) is 0.568. The van der Waals surface area contributed by atoms with Gasteiger partial charge in [0.1, 0.15) is 5.75 Å². The standard InChI is InChI=1S/C22H25NO3/c1-16(2)14-15-26-20-11-9-18(10-12-20)21(24)13-6-17-4-7-19(8-5-17)22(25)23-3/h4-13,16H,14-15H2,1-3H3,(H,23,25)/b13-6+. The Hall–Kier alpha value is -2.88. The summed E-state index contributed by atoms with van der Waals surface area (Å²) in [6.07, 6.45) is 4.27. The second-order valence-electron chi connectivity index (χ2n) is 6.45. The lowest BCUT2D eigenvalue weighted by Gasteiger charge is -2.08. The zero-order chi connectivity index (χ0) is 18.9. The first-order valence-corrected chi connectivity index (χ1v) is 8.77. The number of carbonyl (C=O) groups is 2. The van der Waals surface area contributed by atoms with Gasteiger partial charge in [-0.1, -0.05) is 32.1 Å². The Morgan fingerprint density at radius 3 is 2.19 bits per heavy atom.